The summed E-state index contributed by atoms with van der Waals surface area (Å²) in [5.74, 6) is 1.17. The summed E-state index contributed by atoms with van der Waals surface area (Å²) in [5, 5.41) is 7.74. The van der Waals surface area contributed by atoms with Crippen LogP contribution in [0.15, 0.2) is 28.8 Å². The van der Waals surface area contributed by atoms with Crippen LogP contribution in [-0.2, 0) is 6.42 Å². The molecule has 1 aromatic heterocycles. The lowest BCUT2D eigenvalue weighted by atomic mass is 10.1. The number of nitrogens with one attached hydrogen (secondary N) is 1. The maximum absolute atomic E-state index is 6.08. The number of halogens is 1. The number of anilines is 1. The fourth-order valence-corrected chi connectivity index (χ4v) is 1.70. The molecule has 0 saturated carbocycles. The lowest BCUT2D eigenvalue weighted by Gasteiger charge is -2.02. The molecule has 0 bridgehead atoms. The van der Waals surface area contributed by atoms with Crippen LogP contribution in [0.25, 0.3) is 0 Å². The van der Waals surface area contributed by atoms with Gasteiger partial charge in [0.2, 0.25) is 0 Å². The third-order valence-electron chi connectivity index (χ3n) is 2.44. The van der Waals surface area contributed by atoms with Gasteiger partial charge in [-0.1, -0.05) is 48.8 Å². The molecule has 0 atom stereocenters. The van der Waals surface area contributed by atoms with Gasteiger partial charge < -0.3 is 9.84 Å². The summed E-state index contributed by atoms with van der Waals surface area (Å²) >= 11 is 6.08. The van der Waals surface area contributed by atoms with E-state index >= 15 is 0 Å². The van der Waals surface area contributed by atoms with Crippen LogP contribution in [-0.4, -0.2) is 16.7 Å². The van der Waals surface area contributed by atoms with E-state index in [1.165, 1.54) is 0 Å². The Morgan fingerprint density at radius 3 is 2.83 bits per heavy atom. The topological polar surface area (TPSA) is 51.0 Å². The fourth-order valence-electron chi connectivity index (χ4n) is 1.50. The first kappa shape index (κ1) is 12.9. The summed E-state index contributed by atoms with van der Waals surface area (Å²) in [7, 11) is 0. The molecule has 1 aromatic carbocycles. The van der Waals surface area contributed by atoms with E-state index in [-0.39, 0.29) is 0 Å². The molecule has 1 heterocycles. The Bertz CT molecular complexity index is 510. The third-order valence-corrected chi connectivity index (χ3v) is 2.80. The van der Waals surface area contributed by atoms with E-state index in [4.69, 9.17) is 16.1 Å². The molecule has 18 heavy (non-hydrogen) atoms. The highest BCUT2D eigenvalue weighted by Gasteiger charge is 2.08. The molecule has 0 fully saturated rings. The Balaban J connectivity index is 2.00. The summed E-state index contributed by atoms with van der Waals surface area (Å²) in [4.78, 5) is 4.27. The molecular formula is C13H16ClN3O. The molecule has 96 valence electrons. The summed E-state index contributed by atoms with van der Waals surface area (Å²) < 4.78 is 5.11. The van der Waals surface area contributed by atoms with Crippen molar-refractivity contribution in [1.29, 1.82) is 0 Å². The van der Waals surface area contributed by atoms with E-state index in [2.05, 4.69) is 29.3 Å². The highest BCUT2D eigenvalue weighted by atomic mass is 35.5. The Kier molecular flexibility index (Phi) is 4.20. The van der Waals surface area contributed by atoms with E-state index in [0.717, 1.165) is 17.1 Å². The van der Waals surface area contributed by atoms with E-state index in [1.807, 2.05) is 24.3 Å². The average molecular weight is 266 g/mol. The van der Waals surface area contributed by atoms with Crippen LogP contribution in [0, 0.1) is 5.92 Å². The SMILES string of the molecule is CC(C)CNc1nc(Cc2ccccc2Cl)no1. The molecule has 0 spiro atoms. The minimum atomic E-state index is 0.464. The summed E-state index contributed by atoms with van der Waals surface area (Å²) in [6.45, 7) is 5.05. The zero-order valence-corrected chi connectivity index (χ0v) is 11.2. The van der Waals surface area contributed by atoms with E-state index in [0.29, 0.717) is 24.2 Å². The predicted molar refractivity (Wildman–Crippen MR) is 71.9 cm³/mol. The van der Waals surface area contributed by atoms with E-state index < -0.39 is 0 Å². The second-order valence-corrected chi connectivity index (χ2v) is 4.97. The first-order chi connectivity index (χ1) is 8.65. The number of rotatable bonds is 5. The molecule has 0 saturated heterocycles. The first-order valence-corrected chi connectivity index (χ1v) is 6.33. The molecule has 2 rings (SSSR count). The Morgan fingerprint density at radius 1 is 1.33 bits per heavy atom. The van der Waals surface area contributed by atoms with Crippen LogP contribution < -0.4 is 5.32 Å². The Hall–Kier alpha value is -1.55. The third kappa shape index (κ3) is 3.47. The van der Waals surface area contributed by atoms with Crippen molar-refractivity contribution in [3.8, 4) is 0 Å². The zero-order valence-electron chi connectivity index (χ0n) is 10.5. The van der Waals surface area contributed by atoms with Crippen LogP contribution in [0.5, 0.6) is 0 Å². The highest BCUT2D eigenvalue weighted by Crippen LogP contribution is 2.18. The molecule has 1 N–H and O–H groups in total. The summed E-state index contributed by atoms with van der Waals surface area (Å²) in [6, 6.07) is 8.12. The Morgan fingerprint density at radius 2 is 2.11 bits per heavy atom. The molecule has 0 aliphatic carbocycles. The zero-order chi connectivity index (χ0) is 13.0. The molecule has 0 radical (unpaired) electrons. The van der Waals surface area contributed by atoms with Gasteiger partial charge in [0.1, 0.15) is 0 Å². The maximum Gasteiger partial charge on any atom is 0.321 e. The minimum absolute atomic E-state index is 0.464. The van der Waals surface area contributed by atoms with Crippen LogP contribution in [0.2, 0.25) is 5.02 Å². The molecule has 0 aliphatic rings. The quantitative estimate of drug-likeness (QED) is 0.900. The van der Waals surface area contributed by atoms with Crippen molar-refractivity contribution in [1.82, 2.24) is 10.1 Å². The molecule has 5 heteroatoms. The van der Waals surface area contributed by atoms with Crippen molar-refractivity contribution in [2.45, 2.75) is 20.3 Å². The van der Waals surface area contributed by atoms with Crippen LogP contribution >= 0.6 is 11.6 Å². The van der Waals surface area contributed by atoms with Gasteiger partial charge in [0.15, 0.2) is 5.82 Å². The lowest BCUT2D eigenvalue weighted by Crippen LogP contribution is -2.08. The second kappa shape index (κ2) is 5.87. The number of aromatic nitrogens is 2. The van der Waals surface area contributed by atoms with E-state index in [1.54, 1.807) is 0 Å². The van der Waals surface area contributed by atoms with Gasteiger partial charge in [0.25, 0.3) is 0 Å². The van der Waals surface area contributed by atoms with E-state index in [9.17, 15) is 0 Å². The summed E-state index contributed by atoms with van der Waals surface area (Å²) in [5.41, 5.74) is 0.996. The molecule has 4 nitrogen and oxygen atoms in total. The highest BCUT2D eigenvalue weighted by molar-refractivity contribution is 6.31. The molecule has 0 amide bonds. The molecule has 0 unspecified atom stereocenters. The van der Waals surface area contributed by atoms with Gasteiger partial charge >= 0.3 is 6.01 Å². The normalized spacial score (nSPS) is 10.9. The number of benzene rings is 1. The molecule has 2 aromatic rings. The standard InChI is InChI=1S/C13H16ClN3O/c1-9(2)8-15-13-16-12(17-18-13)7-10-5-3-4-6-11(10)14/h3-6,9H,7-8H2,1-2H3,(H,15,16,17). The number of hydrogen-bond donors (Lipinski definition) is 1. The van der Waals surface area contributed by atoms with Crippen molar-refractivity contribution in [3.05, 3.63) is 40.7 Å². The minimum Gasteiger partial charge on any atom is -0.338 e. The van der Waals surface area contributed by atoms with Gasteiger partial charge in [-0.05, 0) is 17.5 Å². The first-order valence-electron chi connectivity index (χ1n) is 5.95. The average Bonchev–Trinajstić information content (AvgIpc) is 2.77. The Labute approximate surface area is 111 Å². The van der Waals surface area contributed by atoms with Gasteiger partial charge in [0.05, 0.1) is 0 Å². The van der Waals surface area contributed by atoms with Gasteiger partial charge in [-0.3, -0.25) is 0 Å². The molecular weight excluding hydrogens is 250 g/mol. The summed E-state index contributed by atoms with van der Waals surface area (Å²) in [6.07, 6.45) is 0.576. The maximum atomic E-state index is 6.08. The smallest absolute Gasteiger partial charge is 0.321 e. The van der Waals surface area contributed by atoms with Crippen molar-refractivity contribution in [3.63, 3.8) is 0 Å². The van der Waals surface area contributed by atoms with Crippen molar-refractivity contribution >= 4 is 17.6 Å². The van der Waals surface area contributed by atoms with Crippen molar-refractivity contribution < 1.29 is 4.52 Å². The molecule has 0 aliphatic heterocycles. The number of hydrogen-bond acceptors (Lipinski definition) is 4. The van der Waals surface area contributed by atoms with Crippen LogP contribution in [0.4, 0.5) is 6.01 Å². The van der Waals surface area contributed by atoms with Crippen LogP contribution in [0.1, 0.15) is 25.2 Å². The monoisotopic (exact) mass is 265 g/mol. The van der Waals surface area contributed by atoms with Gasteiger partial charge in [0, 0.05) is 18.0 Å². The largest absolute Gasteiger partial charge is 0.338 e. The van der Waals surface area contributed by atoms with Gasteiger partial charge in [-0.2, -0.15) is 4.98 Å². The fraction of sp³-hybridized carbons (Fsp3) is 0.385. The van der Waals surface area contributed by atoms with Gasteiger partial charge in [-0.15, -0.1) is 0 Å². The second-order valence-electron chi connectivity index (χ2n) is 4.56. The predicted octanol–water partition coefficient (Wildman–Crippen LogP) is 3.38. The van der Waals surface area contributed by atoms with Crippen molar-refractivity contribution in [2.24, 2.45) is 5.92 Å². The van der Waals surface area contributed by atoms with Crippen LogP contribution in [0.3, 0.4) is 0 Å². The van der Waals surface area contributed by atoms with Crippen molar-refractivity contribution in [2.75, 3.05) is 11.9 Å². The lowest BCUT2D eigenvalue weighted by molar-refractivity contribution is 0.421. The van der Waals surface area contributed by atoms with Gasteiger partial charge in [-0.25, -0.2) is 0 Å². The number of nitrogens with zero attached hydrogens (tertiary/aromatic N) is 2.